The van der Waals surface area contributed by atoms with Gasteiger partial charge in [-0.1, -0.05) is 0 Å². The fourth-order valence-corrected chi connectivity index (χ4v) is 1.29. The molecular weight excluding hydrogens is 224 g/mol. The molecule has 0 N–H and O–H groups in total. The number of carbonyl (C=O) groups is 2. The number of carboxylic acid groups (broad SMARTS) is 1. The van der Waals surface area contributed by atoms with Crippen LogP contribution in [-0.2, 0) is 4.79 Å². The number of aliphatic carboxylic acids is 1. The summed E-state index contributed by atoms with van der Waals surface area (Å²) in [4.78, 5) is 20.8. The molecule has 1 aromatic rings. The normalized spacial score (nSPS) is 9.71. The third-order valence-electron chi connectivity index (χ3n) is 2.13. The van der Waals surface area contributed by atoms with Crippen molar-refractivity contribution >= 4 is 12.3 Å². The monoisotopic (exact) mass is 237 g/mol. The Morgan fingerprint density at radius 1 is 1.47 bits per heavy atom. The van der Waals surface area contributed by atoms with Crippen molar-refractivity contribution in [1.29, 1.82) is 0 Å². The summed E-state index contributed by atoms with van der Waals surface area (Å²) >= 11 is 0. The van der Waals surface area contributed by atoms with Gasteiger partial charge in [0.1, 0.15) is 11.5 Å². The molecule has 1 rings (SSSR count). The molecule has 0 radical (unpaired) electrons. The SMILES string of the molecule is COc1cc(OCCCC(=O)[O-])ccc1C=O. The Kier molecular flexibility index (Phi) is 5.00. The number of benzene rings is 1. The number of ether oxygens (including phenoxy) is 2. The first kappa shape index (κ1) is 13.0. The van der Waals surface area contributed by atoms with E-state index in [-0.39, 0.29) is 13.0 Å². The largest absolute Gasteiger partial charge is 0.550 e. The summed E-state index contributed by atoms with van der Waals surface area (Å²) in [6.45, 7) is 0.275. The van der Waals surface area contributed by atoms with E-state index in [1.54, 1.807) is 18.2 Å². The molecule has 0 bridgehead atoms. The summed E-state index contributed by atoms with van der Waals surface area (Å²) in [5.74, 6) is -0.134. The standard InChI is InChI=1S/C12H14O5/c1-16-11-7-10(5-4-9(11)8-13)17-6-2-3-12(14)15/h4-5,7-8H,2-3,6H2,1H3,(H,14,15)/p-1. The summed E-state index contributed by atoms with van der Waals surface area (Å²) in [6.07, 6.45) is 1.03. The smallest absolute Gasteiger partial charge is 0.153 e. The number of hydrogen-bond acceptors (Lipinski definition) is 5. The van der Waals surface area contributed by atoms with Gasteiger partial charge in [-0.3, -0.25) is 4.79 Å². The molecule has 0 amide bonds. The molecule has 0 aliphatic rings. The van der Waals surface area contributed by atoms with E-state index in [2.05, 4.69) is 0 Å². The van der Waals surface area contributed by atoms with Crippen molar-refractivity contribution in [2.75, 3.05) is 13.7 Å². The van der Waals surface area contributed by atoms with Crippen molar-refractivity contribution in [1.82, 2.24) is 0 Å². The average Bonchev–Trinajstić information content (AvgIpc) is 2.34. The lowest BCUT2D eigenvalue weighted by atomic mass is 10.2. The van der Waals surface area contributed by atoms with Crippen LogP contribution in [0.15, 0.2) is 18.2 Å². The van der Waals surface area contributed by atoms with Gasteiger partial charge in [-0.2, -0.15) is 0 Å². The molecule has 17 heavy (non-hydrogen) atoms. The van der Waals surface area contributed by atoms with Crippen LogP contribution in [0.25, 0.3) is 0 Å². The highest BCUT2D eigenvalue weighted by atomic mass is 16.5. The Balaban J connectivity index is 2.54. The number of hydrogen-bond donors (Lipinski definition) is 0. The number of methoxy groups -OCH3 is 1. The van der Waals surface area contributed by atoms with Gasteiger partial charge in [-0.05, 0) is 25.0 Å². The van der Waals surface area contributed by atoms with Crippen LogP contribution in [0.4, 0.5) is 0 Å². The maximum atomic E-state index is 10.6. The summed E-state index contributed by atoms with van der Waals surface area (Å²) < 4.78 is 10.3. The summed E-state index contributed by atoms with van der Waals surface area (Å²) in [5, 5.41) is 10.2. The predicted molar refractivity (Wildman–Crippen MR) is 58.1 cm³/mol. The highest BCUT2D eigenvalue weighted by Gasteiger charge is 2.03. The molecule has 0 saturated heterocycles. The molecule has 0 spiro atoms. The molecule has 0 aliphatic carbocycles. The minimum Gasteiger partial charge on any atom is -0.550 e. The van der Waals surface area contributed by atoms with Crippen LogP contribution in [0.1, 0.15) is 23.2 Å². The molecular formula is C12H13O5-. The van der Waals surface area contributed by atoms with E-state index >= 15 is 0 Å². The zero-order chi connectivity index (χ0) is 12.7. The third-order valence-corrected chi connectivity index (χ3v) is 2.13. The van der Waals surface area contributed by atoms with Crippen LogP contribution in [0.3, 0.4) is 0 Å². The lowest BCUT2D eigenvalue weighted by Crippen LogP contribution is -2.22. The highest BCUT2D eigenvalue weighted by Crippen LogP contribution is 2.23. The quantitative estimate of drug-likeness (QED) is 0.507. The van der Waals surface area contributed by atoms with Crippen molar-refractivity contribution < 1.29 is 24.2 Å². The maximum Gasteiger partial charge on any atom is 0.153 e. The number of rotatable bonds is 7. The van der Waals surface area contributed by atoms with Gasteiger partial charge >= 0.3 is 0 Å². The van der Waals surface area contributed by atoms with E-state index in [4.69, 9.17) is 9.47 Å². The van der Waals surface area contributed by atoms with Gasteiger partial charge in [0.2, 0.25) is 0 Å². The lowest BCUT2D eigenvalue weighted by Gasteiger charge is -2.09. The molecule has 0 heterocycles. The van der Waals surface area contributed by atoms with Gasteiger partial charge in [0.15, 0.2) is 6.29 Å². The van der Waals surface area contributed by atoms with Gasteiger partial charge in [-0.15, -0.1) is 0 Å². The Hall–Kier alpha value is -2.04. The van der Waals surface area contributed by atoms with Crippen LogP contribution in [0.5, 0.6) is 11.5 Å². The number of carbonyl (C=O) groups excluding carboxylic acids is 2. The molecule has 0 aliphatic heterocycles. The second-order valence-electron chi connectivity index (χ2n) is 3.35. The Morgan fingerprint density at radius 2 is 2.24 bits per heavy atom. The van der Waals surface area contributed by atoms with E-state index < -0.39 is 5.97 Å². The van der Waals surface area contributed by atoms with E-state index in [0.29, 0.717) is 29.8 Å². The molecule has 5 heteroatoms. The lowest BCUT2D eigenvalue weighted by molar-refractivity contribution is -0.305. The second-order valence-corrected chi connectivity index (χ2v) is 3.35. The van der Waals surface area contributed by atoms with Gasteiger partial charge in [0.25, 0.3) is 0 Å². The molecule has 0 saturated carbocycles. The van der Waals surface area contributed by atoms with Gasteiger partial charge < -0.3 is 19.4 Å². The minimum atomic E-state index is -1.09. The molecule has 92 valence electrons. The van der Waals surface area contributed by atoms with Gasteiger partial charge in [0, 0.05) is 12.0 Å². The summed E-state index contributed by atoms with van der Waals surface area (Å²) in [6, 6.07) is 4.80. The second kappa shape index (κ2) is 6.52. The Bertz CT molecular complexity index is 400. The molecule has 0 fully saturated rings. The fourth-order valence-electron chi connectivity index (χ4n) is 1.29. The third kappa shape index (κ3) is 4.14. The molecule has 0 aromatic heterocycles. The van der Waals surface area contributed by atoms with Gasteiger partial charge in [-0.25, -0.2) is 0 Å². The van der Waals surface area contributed by atoms with E-state index in [0.717, 1.165) is 0 Å². The first-order valence-corrected chi connectivity index (χ1v) is 5.13. The van der Waals surface area contributed by atoms with E-state index in [9.17, 15) is 14.7 Å². The molecule has 0 atom stereocenters. The molecule has 1 aromatic carbocycles. The van der Waals surface area contributed by atoms with Crippen molar-refractivity contribution in [3.05, 3.63) is 23.8 Å². The topological polar surface area (TPSA) is 75.7 Å². The first-order valence-electron chi connectivity index (χ1n) is 5.13. The Morgan fingerprint density at radius 3 is 2.82 bits per heavy atom. The first-order chi connectivity index (χ1) is 8.17. The van der Waals surface area contributed by atoms with Crippen molar-refractivity contribution in [3.63, 3.8) is 0 Å². The molecule has 0 unspecified atom stereocenters. The van der Waals surface area contributed by atoms with Crippen LogP contribution < -0.4 is 14.6 Å². The van der Waals surface area contributed by atoms with Crippen LogP contribution in [-0.4, -0.2) is 26.0 Å². The predicted octanol–water partition coefficient (Wildman–Crippen LogP) is 0.417. The highest BCUT2D eigenvalue weighted by molar-refractivity contribution is 5.79. The summed E-state index contributed by atoms with van der Waals surface area (Å²) in [7, 11) is 1.46. The van der Waals surface area contributed by atoms with Crippen LogP contribution >= 0.6 is 0 Å². The number of aldehydes is 1. The van der Waals surface area contributed by atoms with Gasteiger partial charge in [0.05, 0.1) is 19.3 Å². The van der Waals surface area contributed by atoms with Crippen molar-refractivity contribution in [2.45, 2.75) is 12.8 Å². The average molecular weight is 237 g/mol. The van der Waals surface area contributed by atoms with Crippen molar-refractivity contribution in [2.24, 2.45) is 0 Å². The van der Waals surface area contributed by atoms with Crippen LogP contribution in [0, 0.1) is 0 Å². The Labute approximate surface area is 99.0 Å². The van der Waals surface area contributed by atoms with E-state index in [1.807, 2.05) is 0 Å². The number of carboxylic acids is 1. The fraction of sp³-hybridized carbons (Fsp3) is 0.333. The minimum absolute atomic E-state index is 0.0381. The summed E-state index contributed by atoms with van der Waals surface area (Å²) in [5.41, 5.74) is 0.439. The van der Waals surface area contributed by atoms with E-state index in [1.165, 1.54) is 7.11 Å². The zero-order valence-corrected chi connectivity index (χ0v) is 9.47. The van der Waals surface area contributed by atoms with Crippen LogP contribution in [0.2, 0.25) is 0 Å². The molecule has 5 nitrogen and oxygen atoms in total. The van der Waals surface area contributed by atoms with Crippen molar-refractivity contribution in [3.8, 4) is 11.5 Å². The maximum absolute atomic E-state index is 10.6. The zero-order valence-electron chi connectivity index (χ0n) is 9.47.